The lowest BCUT2D eigenvalue weighted by atomic mass is 10.2. The van der Waals surface area contributed by atoms with Crippen molar-refractivity contribution in [1.82, 2.24) is 9.97 Å². The van der Waals surface area contributed by atoms with Crippen molar-refractivity contribution in [3.8, 4) is 28.7 Å². The molecular weight excluding hydrogens is 358 g/mol. The van der Waals surface area contributed by atoms with Gasteiger partial charge in [-0.2, -0.15) is 0 Å². The van der Waals surface area contributed by atoms with Gasteiger partial charge in [-0.1, -0.05) is 18.2 Å². The van der Waals surface area contributed by atoms with Crippen LogP contribution in [0.15, 0.2) is 59.1 Å². The van der Waals surface area contributed by atoms with Crippen molar-refractivity contribution in [3.05, 3.63) is 54.7 Å². The molecule has 0 saturated carbocycles. The van der Waals surface area contributed by atoms with Crippen molar-refractivity contribution in [2.75, 3.05) is 26.6 Å². The van der Waals surface area contributed by atoms with Crippen molar-refractivity contribution < 1.29 is 18.6 Å². The summed E-state index contributed by atoms with van der Waals surface area (Å²) < 4.78 is 22.0. The van der Waals surface area contributed by atoms with Crippen LogP contribution in [0, 0.1) is 0 Å². The predicted molar refractivity (Wildman–Crippen MR) is 107 cm³/mol. The highest BCUT2D eigenvalue weighted by Gasteiger charge is 2.14. The number of nitrogens with one attached hydrogen (secondary N) is 1. The molecule has 0 aliphatic rings. The second-order valence-corrected chi connectivity index (χ2v) is 5.95. The van der Waals surface area contributed by atoms with Gasteiger partial charge in [0.1, 0.15) is 11.3 Å². The van der Waals surface area contributed by atoms with E-state index in [1.54, 1.807) is 45.7 Å². The van der Waals surface area contributed by atoms with Crippen LogP contribution >= 0.6 is 0 Å². The number of ether oxygens (including phenoxy) is 3. The van der Waals surface area contributed by atoms with Crippen molar-refractivity contribution in [3.63, 3.8) is 0 Å². The van der Waals surface area contributed by atoms with Gasteiger partial charge in [0.15, 0.2) is 17.3 Å². The third kappa shape index (κ3) is 3.29. The van der Waals surface area contributed by atoms with E-state index in [2.05, 4.69) is 15.3 Å². The van der Waals surface area contributed by atoms with Crippen LogP contribution < -0.4 is 19.5 Å². The van der Waals surface area contributed by atoms with Gasteiger partial charge in [-0.25, -0.2) is 9.97 Å². The SMILES string of the molecule is COc1cc(Nc2nccc(-c3cc4ccccc4o3)n2)cc(OC)c1OC. The Morgan fingerprint density at radius 3 is 2.32 bits per heavy atom. The number of anilines is 2. The van der Waals surface area contributed by atoms with Crippen LogP contribution in [-0.4, -0.2) is 31.3 Å². The highest BCUT2D eigenvalue weighted by Crippen LogP contribution is 2.40. The summed E-state index contributed by atoms with van der Waals surface area (Å²) in [6, 6.07) is 15.2. The molecule has 0 aliphatic heterocycles. The maximum Gasteiger partial charge on any atom is 0.227 e. The fourth-order valence-electron chi connectivity index (χ4n) is 2.95. The maximum absolute atomic E-state index is 5.89. The molecule has 4 aromatic rings. The lowest BCUT2D eigenvalue weighted by Gasteiger charge is -2.14. The van der Waals surface area contributed by atoms with E-state index in [0.717, 1.165) is 11.0 Å². The fraction of sp³-hybridized carbons (Fsp3) is 0.143. The Labute approximate surface area is 161 Å². The van der Waals surface area contributed by atoms with Gasteiger partial charge in [-0.3, -0.25) is 0 Å². The van der Waals surface area contributed by atoms with Gasteiger partial charge in [0.25, 0.3) is 0 Å². The number of fused-ring (bicyclic) bond motifs is 1. The third-order valence-electron chi connectivity index (χ3n) is 4.25. The summed E-state index contributed by atoms with van der Waals surface area (Å²) in [5.74, 6) is 2.70. The first kappa shape index (κ1) is 17.7. The van der Waals surface area contributed by atoms with Crippen molar-refractivity contribution in [1.29, 1.82) is 0 Å². The molecular formula is C21H19N3O4. The Morgan fingerprint density at radius 2 is 1.64 bits per heavy atom. The molecule has 0 fully saturated rings. The van der Waals surface area contributed by atoms with Crippen LogP contribution in [0.4, 0.5) is 11.6 Å². The molecule has 0 spiro atoms. The Hall–Kier alpha value is -3.74. The zero-order chi connectivity index (χ0) is 19.5. The number of hydrogen-bond acceptors (Lipinski definition) is 7. The minimum Gasteiger partial charge on any atom is -0.493 e. The summed E-state index contributed by atoms with van der Waals surface area (Å²) in [5, 5.41) is 4.19. The van der Waals surface area contributed by atoms with E-state index in [1.807, 2.05) is 30.3 Å². The number of furan rings is 1. The molecule has 0 radical (unpaired) electrons. The number of aromatic nitrogens is 2. The molecule has 0 aliphatic carbocycles. The molecule has 7 nitrogen and oxygen atoms in total. The van der Waals surface area contributed by atoms with E-state index in [0.29, 0.717) is 40.3 Å². The summed E-state index contributed by atoms with van der Waals surface area (Å²) in [6.07, 6.45) is 1.68. The average molecular weight is 377 g/mol. The Morgan fingerprint density at radius 1 is 0.893 bits per heavy atom. The van der Waals surface area contributed by atoms with Gasteiger partial charge in [0.2, 0.25) is 11.7 Å². The molecule has 142 valence electrons. The molecule has 2 heterocycles. The maximum atomic E-state index is 5.89. The number of methoxy groups -OCH3 is 3. The van der Waals surface area contributed by atoms with E-state index >= 15 is 0 Å². The van der Waals surface area contributed by atoms with Gasteiger partial charge in [-0.05, 0) is 18.2 Å². The lowest BCUT2D eigenvalue weighted by molar-refractivity contribution is 0.324. The Kier molecular flexibility index (Phi) is 4.72. The van der Waals surface area contributed by atoms with E-state index in [1.165, 1.54) is 0 Å². The lowest BCUT2D eigenvalue weighted by Crippen LogP contribution is -2.00. The highest BCUT2D eigenvalue weighted by atomic mass is 16.5. The van der Waals surface area contributed by atoms with Crippen LogP contribution in [0.3, 0.4) is 0 Å². The standard InChI is InChI=1S/C21H19N3O4/c1-25-18-11-14(12-19(26-2)20(18)27-3)23-21-22-9-8-15(24-21)17-10-13-6-4-5-7-16(13)28-17/h4-12H,1-3H3,(H,22,23,24). The third-order valence-corrected chi connectivity index (χ3v) is 4.25. The van der Waals surface area contributed by atoms with E-state index in [-0.39, 0.29) is 0 Å². The number of para-hydroxylation sites is 1. The molecule has 7 heteroatoms. The normalized spacial score (nSPS) is 10.7. The molecule has 0 saturated heterocycles. The van der Waals surface area contributed by atoms with Gasteiger partial charge < -0.3 is 23.9 Å². The zero-order valence-corrected chi connectivity index (χ0v) is 15.7. The first-order chi connectivity index (χ1) is 13.7. The minimum absolute atomic E-state index is 0.423. The van der Waals surface area contributed by atoms with Crippen molar-refractivity contribution >= 4 is 22.6 Å². The second kappa shape index (κ2) is 7.48. The van der Waals surface area contributed by atoms with Gasteiger partial charge in [0, 0.05) is 29.4 Å². The molecule has 0 unspecified atom stereocenters. The van der Waals surface area contributed by atoms with Gasteiger partial charge >= 0.3 is 0 Å². The summed E-state index contributed by atoms with van der Waals surface area (Å²) in [4.78, 5) is 8.85. The monoisotopic (exact) mass is 377 g/mol. The van der Waals surface area contributed by atoms with Crippen LogP contribution in [-0.2, 0) is 0 Å². The van der Waals surface area contributed by atoms with Crippen molar-refractivity contribution in [2.45, 2.75) is 0 Å². The van der Waals surface area contributed by atoms with E-state index in [9.17, 15) is 0 Å². The molecule has 2 aromatic heterocycles. The first-order valence-electron chi connectivity index (χ1n) is 8.61. The molecule has 28 heavy (non-hydrogen) atoms. The van der Waals surface area contributed by atoms with Crippen LogP contribution in [0.2, 0.25) is 0 Å². The second-order valence-electron chi connectivity index (χ2n) is 5.95. The summed E-state index contributed by atoms with van der Waals surface area (Å²) >= 11 is 0. The van der Waals surface area contributed by atoms with Crippen LogP contribution in [0.1, 0.15) is 0 Å². The predicted octanol–water partition coefficient (Wildman–Crippen LogP) is 4.66. The fourth-order valence-corrected chi connectivity index (χ4v) is 2.95. The van der Waals surface area contributed by atoms with Crippen molar-refractivity contribution in [2.24, 2.45) is 0 Å². The molecule has 0 atom stereocenters. The number of benzene rings is 2. The minimum atomic E-state index is 0.423. The molecule has 1 N–H and O–H groups in total. The summed E-state index contributed by atoms with van der Waals surface area (Å²) in [7, 11) is 4.70. The quantitative estimate of drug-likeness (QED) is 0.523. The average Bonchev–Trinajstić information content (AvgIpc) is 3.17. The Bertz CT molecular complexity index is 1070. The number of hydrogen-bond donors (Lipinski definition) is 1. The van der Waals surface area contributed by atoms with Crippen LogP contribution in [0.5, 0.6) is 17.2 Å². The molecule has 0 bridgehead atoms. The molecule has 4 rings (SSSR count). The largest absolute Gasteiger partial charge is 0.493 e. The topological polar surface area (TPSA) is 78.6 Å². The van der Waals surface area contributed by atoms with Crippen LogP contribution in [0.25, 0.3) is 22.4 Å². The molecule has 0 amide bonds. The first-order valence-corrected chi connectivity index (χ1v) is 8.61. The summed E-state index contributed by atoms with van der Waals surface area (Å²) in [5.41, 5.74) is 2.20. The number of nitrogens with zero attached hydrogens (tertiary/aromatic N) is 2. The Balaban J connectivity index is 1.67. The van der Waals surface area contributed by atoms with Gasteiger partial charge in [-0.15, -0.1) is 0 Å². The summed E-state index contributed by atoms with van der Waals surface area (Å²) in [6.45, 7) is 0. The van der Waals surface area contributed by atoms with E-state index < -0.39 is 0 Å². The smallest absolute Gasteiger partial charge is 0.227 e. The zero-order valence-electron chi connectivity index (χ0n) is 15.7. The van der Waals surface area contributed by atoms with Gasteiger partial charge in [0.05, 0.1) is 21.3 Å². The number of rotatable bonds is 6. The van der Waals surface area contributed by atoms with E-state index in [4.69, 9.17) is 18.6 Å². The molecule has 2 aromatic carbocycles. The highest BCUT2D eigenvalue weighted by molar-refractivity contribution is 5.82.